The molecule has 13 N–H and O–H groups in total. The van der Waals surface area contributed by atoms with Crippen molar-refractivity contribution in [1.29, 1.82) is 0 Å². The summed E-state index contributed by atoms with van der Waals surface area (Å²) in [5, 5.41) is 26.1. The van der Waals surface area contributed by atoms with E-state index in [1.165, 1.54) is 11.8 Å². The van der Waals surface area contributed by atoms with Gasteiger partial charge in [0.15, 0.2) is 5.96 Å². The lowest BCUT2D eigenvalue weighted by atomic mass is 10.1. The highest BCUT2D eigenvalue weighted by Gasteiger charge is 2.29. The number of carbonyl (C=O) groups is 4. The van der Waals surface area contributed by atoms with Gasteiger partial charge in [0, 0.05) is 6.54 Å². The Bertz CT molecular complexity index is 707. The monoisotopic (exact) mass is 520 g/mol. The van der Waals surface area contributed by atoms with E-state index in [2.05, 4.69) is 20.9 Å². The fourth-order valence-electron chi connectivity index (χ4n) is 2.93. The molecule has 3 amide bonds. The lowest BCUT2D eigenvalue weighted by Crippen LogP contribution is -2.57. The minimum absolute atomic E-state index is 0.114. The maximum atomic E-state index is 13.0. The number of carboxylic acid groups (broad SMARTS) is 1. The molecule has 0 rings (SSSR count). The Morgan fingerprint density at radius 2 is 1.43 bits per heavy atom. The van der Waals surface area contributed by atoms with Crippen LogP contribution in [-0.2, 0) is 19.2 Å². The Kier molecular flexibility index (Phi) is 17.3. The summed E-state index contributed by atoms with van der Waals surface area (Å²) in [6, 6.07) is -4.49. The number of hydrogen-bond acceptors (Lipinski definition) is 9. The molecule has 0 bridgehead atoms. The molecule has 0 saturated heterocycles. The number of aliphatic imine (C=N–C) groups is 1. The summed E-state index contributed by atoms with van der Waals surface area (Å²) in [5.74, 6) is -2.87. The number of carbonyl (C=O) groups excluding carboxylic acids is 3. The van der Waals surface area contributed by atoms with Gasteiger partial charge in [0.05, 0.1) is 6.61 Å². The van der Waals surface area contributed by atoms with E-state index in [0.717, 1.165) is 0 Å². The summed E-state index contributed by atoms with van der Waals surface area (Å²) >= 11 is 1.44. The summed E-state index contributed by atoms with van der Waals surface area (Å²) in [5.41, 5.74) is 21.7. The van der Waals surface area contributed by atoms with Crippen molar-refractivity contribution in [3.05, 3.63) is 0 Å². The van der Waals surface area contributed by atoms with E-state index < -0.39 is 54.5 Å². The van der Waals surface area contributed by atoms with E-state index in [9.17, 15) is 24.3 Å². The number of unbranched alkanes of at least 4 members (excludes halogenated alkanes) is 1. The second-order valence-corrected chi connectivity index (χ2v) is 8.81. The number of aliphatic hydroxyl groups is 1. The van der Waals surface area contributed by atoms with E-state index in [-0.39, 0.29) is 31.8 Å². The molecular weight excluding hydrogens is 480 g/mol. The number of guanidine groups is 1. The first-order valence-corrected chi connectivity index (χ1v) is 12.7. The number of aliphatic hydroxyl groups excluding tert-OH is 1. The standard InChI is InChI=1S/C20H40N8O6S/c1-35-10-7-15(19(33)34)28-18(32)14(6-4-9-25-20(23)24)27-17(31)13(5-2-3-8-21)26-16(30)12(22)11-29/h12-15,29H,2-11,21-22H2,1H3,(H,26,30)(H,27,31)(H,28,32)(H,33,34)(H4,23,24,25). The Hall–Kier alpha value is -2.62. The molecule has 0 fully saturated rings. The molecule has 4 unspecified atom stereocenters. The molecular formula is C20H40N8O6S. The van der Waals surface area contributed by atoms with E-state index in [1.54, 1.807) is 0 Å². The van der Waals surface area contributed by atoms with Crippen LogP contribution in [0.3, 0.4) is 0 Å². The van der Waals surface area contributed by atoms with E-state index in [0.29, 0.717) is 31.6 Å². The second kappa shape index (κ2) is 18.7. The van der Waals surface area contributed by atoms with Gasteiger partial charge >= 0.3 is 5.97 Å². The van der Waals surface area contributed by atoms with Gasteiger partial charge in [-0.2, -0.15) is 11.8 Å². The van der Waals surface area contributed by atoms with Crippen LogP contribution in [0.5, 0.6) is 0 Å². The third-order valence-corrected chi connectivity index (χ3v) is 5.56. The van der Waals surface area contributed by atoms with Crippen molar-refractivity contribution in [2.45, 2.75) is 62.7 Å². The number of thioether (sulfide) groups is 1. The van der Waals surface area contributed by atoms with Crippen LogP contribution >= 0.6 is 11.8 Å². The predicted molar refractivity (Wildman–Crippen MR) is 134 cm³/mol. The molecule has 0 saturated carbocycles. The smallest absolute Gasteiger partial charge is 0.326 e. The maximum absolute atomic E-state index is 13.0. The normalized spacial score (nSPS) is 14.2. The molecule has 35 heavy (non-hydrogen) atoms. The highest BCUT2D eigenvalue weighted by molar-refractivity contribution is 7.98. The van der Waals surface area contributed by atoms with Crippen molar-refractivity contribution in [3.8, 4) is 0 Å². The Morgan fingerprint density at radius 1 is 0.886 bits per heavy atom. The maximum Gasteiger partial charge on any atom is 0.326 e. The van der Waals surface area contributed by atoms with Gasteiger partial charge in [-0.1, -0.05) is 0 Å². The second-order valence-electron chi connectivity index (χ2n) is 7.83. The average molecular weight is 521 g/mol. The number of carboxylic acids is 1. The van der Waals surface area contributed by atoms with Gasteiger partial charge in [-0.3, -0.25) is 19.4 Å². The van der Waals surface area contributed by atoms with Crippen LogP contribution < -0.4 is 38.9 Å². The van der Waals surface area contributed by atoms with Crippen molar-refractivity contribution >= 4 is 41.4 Å². The minimum atomic E-state index is -1.22. The third kappa shape index (κ3) is 14.4. The van der Waals surface area contributed by atoms with E-state index in [1.807, 2.05) is 6.26 Å². The van der Waals surface area contributed by atoms with Crippen LogP contribution in [-0.4, -0.2) is 95.7 Å². The van der Waals surface area contributed by atoms with Gasteiger partial charge in [-0.15, -0.1) is 0 Å². The molecule has 14 nitrogen and oxygen atoms in total. The van der Waals surface area contributed by atoms with Crippen molar-refractivity contribution in [2.75, 3.05) is 31.7 Å². The van der Waals surface area contributed by atoms with Gasteiger partial charge in [-0.05, 0) is 57.1 Å². The fourth-order valence-corrected chi connectivity index (χ4v) is 3.40. The van der Waals surface area contributed by atoms with E-state index >= 15 is 0 Å². The Balaban J connectivity index is 5.54. The molecule has 0 aliphatic heterocycles. The minimum Gasteiger partial charge on any atom is -0.480 e. The van der Waals surface area contributed by atoms with Crippen molar-refractivity contribution in [3.63, 3.8) is 0 Å². The zero-order valence-electron chi connectivity index (χ0n) is 20.1. The Morgan fingerprint density at radius 3 is 1.91 bits per heavy atom. The third-order valence-electron chi connectivity index (χ3n) is 4.92. The highest BCUT2D eigenvalue weighted by Crippen LogP contribution is 2.07. The molecule has 0 radical (unpaired) electrons. The van der Waals surface area contributed by atoms with E-state index in [4.69, 9.17) is 28.0 Å². The molecule has 4 atom stereocenters. The molecule has 0 aliphatic carbocycles. The number of nitrogens with zero attached hydrogens (tertiary/aromatic N) is 1. The predicted octanol–water partition coefficient (Wildman–Crippen LogP) is -3.22. The molecule has 0 spiro atoms. The van der Waals surface area contributed by atoms with Crippen LogP contribution in [0, 0.1) is 0 Å². The first-order chi connectivity index (χ1) is 16.6. The quantitative estimate of drug-likeness (QED) is 0.0464. The lowest BCUT2D eigenvalue weighted by molar-refractivity contribution is -0.142. The summed E-state index contributed by atoms with van der Waals surface area (Å²) in [6.07, 6.45) is 3.79. The topological polar surface area (TPSA) is 261 Å². The highest BCUT2D eigenvalue weighted by atomic mass is 32.2. The molecule has 0 aromatic carbocycles. The number of nitrogens with two attached hydrogens (primary N) is 4. The van der Waals surface area contributed by atoms with Crippen LogP contribution in [0.2, 0.25) is 0 Å². The number of rotatable bonds is 19. The summed E-state index contributed by atoms with van der Waals surface area (Å²) in [4.78, 5) is 53.4. The van der Waals surface area contributed by atoms with Crippen molar-refractivity contribution < 1.29 is 29.4 Å². The van der Waals surface area contributed by atoms with Crippen molar-refractivity contribution in [2.24, 2.45) is 27.9 Å². The first-order valence-electron chi connectivity index (χ1n) is 11.3. The van der Waals surface area contributed by atoms with Gasteiger partial charge in [0.1, 0.15) is 24.2 Å². The molecule has 0 aliphatic rings. The zero-order valence-corrected chi connectivity index (χ0v) is 20.9. The SMILES string of the molecule is CSCCC(NC(=O)C(CCCN=C(N)N)NC(=O)C(CCCCN)NC(=O)C(N)CO)C(=O)O. The summed E-state index contributed by atoms with van der Waals surface area (Å²) < 4.78 is 0. The molecule has 202 valence electrons. The molecule has 0 aromatic rings. The summed E-state index contributed by atoms with van der Waals surface area (Å²) in [7, 11) is 0. The molecule has 15 heteroatoms. The lowest BCUT2D eigenvalue weighted by Gasteiger charge is -2.25. The first kappa shape index (κ1) is 32.4. The zero-order chi connectivity index (χ0) is 26.8. The summed E-state index contributed by atoms with van der Waals surface area (Å²) in [6.45, 7) is -0.0227. The van der Waals surface area contributed by atoms with Gasteiger partial charge in [-0.25, -0.2) is 4.79 Å². The van der Waals surface area contributed by atoms with Crippen LogP contribution in [0.4, 0.5) is 0 Å². The van der Waals surface area contributed by atoms with Crippen LogP contribution in [0.1, 0.15) is 38.5 Å². The Labute approximate surface area is 209 Å². The number of nitrogens with one attached hydrogen (secondary N) is 3. The molecule has 0 aromatic heterocycles. The van der Waals surface area contributed by atoms with Crippen LogP contribution in [0.15, 0.2) is 4.99 Å². The fraction of sp³-hybridized carbons (Fsp3) is 0.750. The number of hydrogen-bond donors (Lipinski definition) is 9. The van der Waals surface area contributed by atoms with Gasteiger partial charge < -0.3 is 49.1 Å². The van der Waals surface area contributed by atoms with Crippen molar-refractivity contribution in [1.82, 2.24) is 16.0 Å². The number of aliphatic carboxylic acids is 1. The number of amides is 3. The average Bonchev–Trinajstić information content (AvgIpc) is 2.81. The van der Waals surface area contributed by atoms with Gasteiger partial charge in [0.25, 0.3) is 0 Å². The largest absolute Gasteiger partial charge is 0.480 e. The van der Waals surface area contributed by atoms with Crippen LogP contribution in [0.25, 0.3) is 0 Å². The van der Waals surface area contributed by atoms with Gasteiger partial charge in [0.2, 0.25) is 17.7 Å². The molecule has 0 heterocycles.